The summed E-state index contributed by atoms with van der Waals surface area (Å²) in [6.45, 7) is 0.702. The van der Waals surface area contributed by atoms with Gasteiger partial charge in [0.1, 0.15) is 18.0 Å². The van der Waals surface area contributed by atoms with E-state index in [1.807, 2.05) is 63.8 Å². The molecule has 1 N–H and O–H groups in total. The lowest BCUT2D eigenvalue weighted by Crippen LogP contribution is -2.30. The Labute approximate surface area is 178 Å². The minimum absolute atomic E-state index is 0.168. The van der Waals surface area contributed by atoms with Gasteiger partial charge in [-0.3, -0.25) is 4.79 Å². The van der Waals surface area contributed by atoms with Gasteiger partial charge in [-0.15, -0.1) is 0 Å². The van der Waals surface area contributed by atoms with Gasteiger partial charge in [0, 0.05) is 37.4 Å². The second-order valence-corrected chi connectivity index (χ2v) is 7.25. The molecule has 1 unspecified atom stereocenters. The molecule has 1 atom stereocenters. The molecular weight excluding hydrogens is 394 g/mol. The van der Waals surface area contributed by atoms with Gasteiger partial charge in [-0.05, 0) is 36.4 Å². The van der Waals surface area contributed by atoms with Crippen LogP contribution in [0.2, 0.25) is 0 Å². The van der Waals surface area contributed by atoms with Crippen molar-refractivity contribution in [2.75, 3.05) is 13.2 Å². The molecule has 1 amide bonds. The van der Waals surface area contributed by atoms with E-state index in [2.05, 4.69) is 15.5 Å². The first-order valence-corrected chi connectivity index (χ1v) is 10.0. The Morgan fingerprint density at radius 3 is 2.90 bits per heavy atom. The molecule has 0 saturated heterocycles. The zero-order valence-electron chi connectivity index (χ0n) is 16.7. The Hall–Kier alpha value is -4.07. The first kappa shape index (κ1) is 18.9. The first-order chi connectivity index (χ1) is 15.3. The van der Waals surface area contributed by atoms with Gasteiger partial charge in [0.2, 0.25) is 0 Å². The van der Waals surface area contributed by atoms with Crippen LogP contribution in [0.3, 0.4) is 0 Å². The van der Waals surface area contributed by atoms with Gasteiger partial charge < -0.3 is 23.9 Å². The van der Waals surface area contributed by atoms with Crippen molar-refractivity contribution in [3.63, 3.8) is 0 Å². The van der Waals surface area contributed by atoms with E-state index < -0.39 is 0 Å². The van der Waals surface area contributed by atoms with Gasteiger partial charge in [0.15, 0.2) is 6.10 Å². The first-order valence-electron chi connectivity index (χ1n) is 10.0. The highest BCUT2D eigenvalue weighted by Crippen LogP contribution is 2.23. The van der Waals surface area contributed by atoms with Gasteiger partial charge in [-0.1, -0.05) is 17.3 Å². The van der Waals surface area contributed by atoms with Crippen LogP contribution in [0.5, 0.6) is 5.75 Å². The smallest absolute Gasteiger partial charge is 0.253 e. The molecule has 1 aromatic carbocycles. The average molecular weight is 415 g/mol. The van der Waals surface area contributed by atoms with E-state index in [1.165, 1.54) is 0 Å². The van der Waals surface area contributed by atoms with E-state index in [4.69, 9.17) is 9.57 Å². The molecule has 1 aliphatic heterocycles. The normalized spacial score (nSPS) is 15.5. The molecule has 0 bridgehead atoms. The third-order valence-electron chi connectivity index (χ3n) is 5.07. The van der Waals surface area contributed by atoms with Crippen molar-refractivity contribution < 1.29 is 14.4 Å². The lowest BCUT2D eigenvalue weighted by Gasteiger charge is -2.14. The summed E-state index contributed by atoms with van der Waals surface area (Å²) in [7, 11) is 0. The molecule has 0 saturated carbocycles. The van der Waals surface area contributed by atoms with E-state index >= 15 is 0 Å². The van der Waals surface area contributed by atoms with E-state index in [0.717, 1.165) is 22.8 Å². The van der Waals surface area contributed by atoms with Gasteiger partial charge in [-0.25, -0.2) is 4.98 Å². The number of hydrogen-bond acceptors (Lipinski definition) is 5. The Morgan fingerprint density at radius 1 is 1.13 bits per heavy atom. The number of fused-ring (bicyclic) bond motifs is 1. The Balaban J connectivity index is 1.13. The summed E-state index contributed by atoms with van der Waals surface area (Å²) in [5.41, 5.74) is 3.11. The van der Waals surface area contributed by atoms with Crippen LogP contribution in [-0.4, -0.2) is 44.8 Å². The van der Waals surface area contributed by atoms with Gasteiger partial charge in [0.25, 0.3) is 5.91 Å². The monoisotopic (exact) mass is 415 g/mol. The summed E-state index contributed by atoms with van der Waals surface area (Å²) in [6.07, 6.45) is 9.62. The highest BCUT2D eigenvalue weighted by atomic mass is 16.7. The van der Waals surface area contributed by atoms with Crippen LogP contribution in [0.4, 0.5) is 0 Å². The summed E-state index contributed by atoms with van der Waals surface area (Å²) in [6, 6.07) is 15.4. The minimum Gasteiger partial charge on any atom is -0.487 e. The second kappa shape index (κ2) is 8.35. The number of nitrogens with one attached hydrogen (secondary N) is 1. The molecule has 0 spiro atoms. The number of oxime groups is 1. The van der Waals surface area contributed by atoms with Gasteiger partial charge in [0.05, 0.1) is 23.5 Å². The molecule has 5 rings (SSSR count). The van der Waals surface area contributed by atoms with Crippen molar-refractivity contribution in [2.45, 2.75) is 12.5 Å². The van der Waals surface area contributed by atoms with Crippen LogP contribution < -0.4 is 10.1 Å². The maximum Gasteiger partial charge on any atom is 0.253 e. The number of carbonyl (C=O) groups excluding carboxylic acids is 1. The third kappa shape index (κ3) is 4.13. The second-order valence-electron chi connectivity index (χ2n) is 7.25. The van der Waals surface area contributed by atoms with Crippen molar-refractivity contribution in [2.24, 2.45) is 5.16 Å². The predicted octanol–water partition coefficient (Wildman–Crippen LogP) is 3.08. The van der Waals surface area contributed by atoms with Crippen molar-refractivity contribution in [3.05, 3.63) is 85.1 Å². The number of ether oxygens (including phenoxy) is 1. The van der Waals surface area contributed by atoms with Crippen LogP contribution in [0.15, 0.2) is 84.7 Å². The number of nitrogens with zero attached hydrogens (tertiary/aromatic N) is 4. The highest BCUT2D eigenvalue weighted by molar-refractivity contribution is 5.98. The molecule has 156 valence electrons. The standard InChI is InChI=1S/C23H21N5O3/c29-23(17-7-8-22-24-9-12-28(22)15-17)25-14-18-13-19(31-26-18)16-30-21-6-2-1-5-20(21)27-10-3-4-11-27/h1-12,15,19H,13-14,16H2,(H,25,29). The largest absolute Gasteiger partial charge is 0.487 e. The lowest BCUT2D eigenvalue weighted by atomic mass is 10.2. The number of hydrogen-bond donors (Lipinski definition) is 1. The van der Waals surface area contributed by atoms with E-state index in [-0.39, 0.29) is 12.0 Å². The molecule has 8 heteroatoms. The number of imidazole rings is 1. The van der Waals surface area contributed by atoms with Crippen LogP contribution >= 0.6 is 0 Å². The SMILES string of the molecule is O=C(NCC1=NOC(COc2ccccc2-n2cccc2)C1)c1ccc2nccn2c1. The van der Waals surface area contributed by atoms with Gasteiger partial charge >= 0.3 is 0 Å². The van der Waals surface area contributed by atoms with Crippen molar-refractivity contribution >= 4 is 17.3 Å². The number of amides is 1. The van der Waals surface area contributed by atoms with Crippen LogP contribution in [-0.2, 0) is 4.84 Å². The zero-order chi connectivity index (χ0) is 21.0. The van der Waals surface area contributed by atoms with E-state index in [0.29, 0.717) is 25.1 Å². The summed E-state index contributed by atoms with van der Waals surface area (Å²) < 4.78 is 9.82. The molecule has 0 aliphatic carbocycles. The predicted molar refractivity (Wildman–Crippen MR) is 116 cm³/mol. The van der Waals surface area contributed by atoms with Crippen molar-refractivity contribution in [3.8, 4) is 11.4 Å². The number of benzene rings is 1. The third-order valence-corrected chi connectivity index (χ3v) is 5.07. The number of carbonyl (C=O) groups is 1. The Morgan fingerprint density at radius 2 is 2.00 bits per heavy atom. The maximum atomic E-state index is 12.4. The molecule has 1 aliphatic rings. The van der Waals surface area contributed by atoms with Gasteiger partial charge in [-0.2, -0.15) is 0 Å². The lowest BCUT2D eigenvalue weighted by molar-refractivity contribution is 0.0470. The fourth-order valence-electron chi connectivity index (χ4n) is 3.49. The summed E-state index contributed by atoms with van der Waals surface area (Å²) in [4.78, 5) is 22.1. The average Bonchev–Trinajstić information content (AvgIpc) is 3.57. The highest BCUT2D eigenvalue weighted by Gasteiger charge is 2.23. The topological polar surface area (TPSA) is 82.1 Å². The molecule has 4 heterocycles. The van der Waals surface area contributed by atoms with Crippen LogP contribution in [0, 0.1) is 0 Å². The number of pyridine rings is 1. The Kier molecular flexibility index (Phi) is 5.10. The fraction of sp³-hybridized carbons (Fsp3) is 0.174. The summed E-state index contributed by atoms with van der Waals surface area (Å²) in [5.74, 6) is 0.609. The molecule has 3 aromatic heterocycles. The molecule has 31 heavy (non-hydrogen) atoms. The minimum atomic E-state index is -0.188. The van der Waals surface area contributed by atoms with Crippen LogP contribution in [0.1, 0.15) is 16.8 Å². The number of para-hydroxylation sites is 2. The number of rotatable bonds is 7. The maximum absolute atomic E-state index is 12.4. The molecule has 0 fully saturated rings. The fourth-order valence-corrected chi connectivity index (χ4v) is 3.49. The Bertz CT molecular complexity index is 1230. The molecule has 4 aromatic rings. The molecule has 0 radical (unpaired) electrons. The number of aromatic nitrogens is 3. The van der Waals surface area contributed by atoms with E-state index in [9.17, 15) is 4.79 Å². The quantitative estimate of drug-likeness (QED) is 0.503. The summed E-state index contributed by atoms with van der Waals surface area (Å²) >= 11 is 0. The van der Waals surface area contributed by atoms with E-state index in [1.54, 1.807) is 24.7 Å². The molecule has 8 nitrogen and oxygen atoms in total. The summed E-state index contributed by atoms with van der Waals surface area (Å²) in [5, 5.41) is 7.00. The van der Waals surface area contributed by atoms with Crippen LogP contribution in [0.25, 0.3) is 11.3 Å². The van der Waals surface area contributed by atoms with Crippen molar-refractivity contribution in [1.29, 1.82) is 0 Å². The molecular formula is C23H21N5O3. The zero-order valence-corrected chi connectivity index (χ0v) is 16.7. The van der Waals surface area contributed by atoms with Crippen molar-refractivity contribution in [1.82, 2.24) is 19.3 Å².